The van der Waals surface area contributed by atoms with Gasteiger partial charge in [-0.2, -0.15) is 0 Å². The van der Waals surface area contributed by atoms with Gasteiger partial charge in [-0.15, -0.1) is 0 Å². The molecule has 2 N–H and O–H groups in total. The van der Waals surface area contributed by atoms with Gasteiger partial charge in [0.05, 0.1) is 0 Å². The molecule has 0 saturated carbocycles. The number of aromatic carboxylic acids is 1. The molecule has 0 aliphatic rings. The Kier molecular flexibility index (Phi) is 6.54. The van der Waals surface area contributed by atoms with Crippen LogP contribution in [0.15, 0.2) is 78.9 Å². The molecule has 0 fully saturated rings. The maximum atomic E-state index is 12.6. The van der Waals surface area contributed by atoms with E-state index < -0.39 is 5.97 Å². The molecule has 0 radical (unpaired) electrons. The summed E-state index contributed by atoms with van der Waals surface area (Å²) in [6, 6.07) is 23.0. The van der Waals surface area contributed by atoms with Crippen molar-refractivity contribution in [3.8, 4) is 5.75 Å². The first-order chi connectivity index (χ1) is 13.1. The quantitative estimate of drug-likeness (QED) is 0.430. The summed E-state index contributed by atoms with van der Waals surface area (Å²) in [6.45, 7) is 0. The van der Waals surface area contributed by atoms with Crippen LogP contribution < -0.4 is 14.0 Å². The van der Waals surface area contributed by atoms with Crippen molar-refractivity contribution in [2.75, 3.05) is 5.32 Å². The molecule has 3 aromatic carbocycles. The molecule has 0 saturated heterocycles. The molecule has 1 amide bonds. The standard InChI is InChI=1S/C20H15NO4SSe/c22-19(21-14-8-2-1-3-9-14)16-11-5-7-13-18(16)27-26-25-17-12-6-4-10-15(17)20(23)24/h1-13H,(H,21,22)(H,23,24). The van der Waals surface area contributed by atoms with Crippen LogP contribution in [0, 0.1) is 0 Å². The average Bonchev–Trinajstić information content (AvgIpc) is 2.69. The molecule has 5 nitrogen and oxygen atoms in total. The van der Waals surface area contributed by atoms with E-state index in [0.717, 1.165) is 20.6 Å². The predicted molar refractivity (Wildman–Crippen MR) is 108 cm³/mol. The molecule has 0 aliphatic heterocycles. The van der Waals surface area contributed by atoms with Gasteiger partial charge in [0.25, 0.3) is 0 Å². The number of carbonyl (C=O) groups excluding carboxylic acids is 1. The van der Waals surface area contributed by atoms with Crippen LogP contribution in [0.25, 0.3) is 0 Å². The molecule has 0 bridgehead atoms. The Labute approximate surface area is 166 Å². The van der Waals surface area contributed by atoms with Crippen molar-refractivity contribution in [1.29, 1.82) is 0 Å². The summed E-state index contributed by atoms with van der Waals surface area (Å²) in [5, 5.41) is 12.1. The number of carbonyl (C=O) groups is 2. The Bertz CT molecular complexity index is 949. The average molecular weight is 444 g/mol. The summed E-state index contributed by atoms with van der Waals surface area (Å²) in [7, 11) is 1.15. The number of benzene rings is 3. The van der Waals surface area contributed by atoms with E-state index in [2.05, 4.69) is 5.32 Å². The van der Waals surface area contributed by atoms with Crippen molar-refractivity contribution in [2.24, 2.45) is 0 Å². The van der Waals surface area contributed by atoms with E-state index in [1.807, 2.05) is 48.5 Å². The van der Waals surface area contributed by atoms with Gasteiger partial charge in [-0.3, -0.25) is 0 Å². The number of carboxylic acids is 1. The monoisotopic (exact) mass is 445 g/mol. The van der Waals surface area contributed by atoms with Crippen molar-refractivity contribution in [1.82, 2.24) is 0 Å². The Morgan fingerprint density at radius 2 is 1.48 bits per heavy atom. The molecule has 0 spiro atoms. The van der Waals surface area contributed by atoms with Crippen molar-refractivity contribution < 1.29 is 18.9 Å². The topological polar surface area (TPSA) is 75.6 Å². The second-order valence-electron chi connectivity index (χ2n) is 5.35. The molecule has 0 aromatic heterocycles. The minimum atomic E-state index is -1.04. The van der Waals surface area contributed by atoms with Crippen LogP contribution >= 0.6 is 10.5 Å². The SMILES string of the molecule is O=C(O)c1ccccc1OS[Se]c1ccccc1C(=O)Nc1ccccc1. The Hall–Kier alpha value is -2.73. The molecule has 0 aliphatic carbocycles. The zero-order valence-electron chi connectivity index (χ0n) is 14.0. The molecule has 136 valence electrons. The van der Waals surface area contributed by atoms with Crippen LogP contribution in [0.2, 0.25) is 0 Å². The fourth-order valence-electron chi connectivity index (χ4n) is 2.25. The number of hydrogen-bond acceptors (Lipinski definition) is 4. The van der Waals surface area contributed by atoms with Crippen molar-refractivity contribution in [3.05, 3.63) is 90.0 Å². The van der Waals surface area contributed by atoms with Gasteiger partial charge in [0.2, 0.25) is 0 Å². The Balaban J connectivity index is 1.68. The van der Waals surface area contributed by atoms with Crippen LogP contribution in [0.5, 0.6) is 5.75 Å². The summed E-state index contributed by atoms with van der Waals surface area (Å²) in [4.78, 5) is 23.8. The van der Waals surface area contributed by atoms with Gasteiger partial charge in [-0.05, 0) is 0 Å². The van der Waals surface area contributed by atoms with Crippen LogP contribution in [0.1, 0.15) is 20.7 Å². The van der Waals surface area contributed by atoms with Crippen molar-refractivity contribution >= 4 is 46.3 Å². The summed E-state index contributed by atoms with van der Waals surface area (Å²) in [5.74, 6) is -0.936. The molecule has 27 heavy (non-hydrogen) atoms. The number of para-hydroxylation sites is 2. The number of amides is 1. The molecule has 7 heteroatoms. The molecular formula is C20H15NO4SSe. The van der Waals surface area contributed by atoms with E-state index in [4.69, 9.17) is 4.18 Å². The summed E-state index contributed by atoms with van der Waals surface area (Å²) in [6.07, 6.45) is 0. The van der Waals surface area contributed by atoms with E-state index in [1.54, 1.807) is 24.3 Å². The fraction of sp³-hybridized carbons (Fsp3) is 0. The first kappa shape index (κ1) is 19.0. The third kappa shape index (κ3) is 5.14. The van der Waals surface area contributed by atoms with Gasteiger partial charge < -0.3 is 0 Å². The van der Waals surface area contributed by atoms with Crippen LogP contribution in [0.4, 0.5) is 5.69 Å². The normalized spacial score (nSPS) is 10.2. The van der Waals surface area contributed by atoms with Crippen LogP contribution in [-0.2, 0) is 0 Å². The number of rotatable bonds is 7. The van der Waals surface area contributed by atoms with Gasteiger partial charge >= 0.3 is 166 Å². The summed E-state index contributed by atoms with van der Waals surface area (Å²) >= 11 is -0.240. The summed E-state index contributed by atoms with van der Waals surface area (Å²) < 4.78 is 6.44. The van der Waals surface area contributed by atoms with Gasteiger partial charge in [-0.1, -0.05) is 0 Å². The Morgan fingerprint density at radius 3 is 2.22 bits per heavy atom. The number of hydrogen-bond donors (Lipinski definition) is 2. The third-order valence-corrected chi connectivity index (χ3v) is 6.76. The molecule has 3 rings (SSSR count). The van der Waals surface area contributed by atoms with E-state index in [-0.39, 0.29) is 25.3 Å². The van der Waals surface area contributed by atoms with Gasteiger partial charge in [0.1, 0.15) is 0 Å². The molecule has 0 heterocycles. The summed E-state index contributed by atoms with van der Waals surface area (Å²) in [5.41, 5.74) is 1.41. The number of nitrogens with one attached hydrogen (secondary N) is 1. The first-order valence-corrected chi connectivity index (χ1v) is 11.6. The first-order valence-electron chi connectivity index (χ1n) is 7.94. The van der Waals surface area contributed by atoms with E-state index >= 15 is 0 Å². The van der Waals surface area contributed by atoms with Crippen LogP contribution in [-0.4, -0.2) is 30.8 Å². The minimum absolute atomic E-state index is 0.107. The number of anilines is 1. The molecule has 0 unspecified atom stereocenters. The predicted octanol–water partition coefficient (Wildman–Crippen LogP) is 3.61. The molecular weight excluding hydrogens is 429 g/mol. The van der Waals surface area contributed by atoms with E-state index in [9.17, 15) is 14.7 Å². The second kappa shape index (κ2) is 9.28. The van der Waals surface area contributed by atoms with E-state index in [1.165, 1.54) is 6.07 Å². The van der Waals surface area contributed by atoms with Crippen molar-refractivity contribution in [2.45, 2.75) is 0 Å². The maximum absolute atomic E-state index is 12.6. The fourth-order valence-corrected chi connectivity index (χ4v) is 5.28. The number of carboxylic acid groups (broad SMARTS) is 1. The van der Waals surface area contributed by atoms with Gasteiger partial charge in [0.15, 0.2) is 0 Å². The third-order valence-electron chi connectivity index (χ3n) is 3.53. The second-order valence-corrected chi connectivity index (χ2v) is 8.65. The zero-order valence-corrected chi connectivity index (χ0v) is 16.5. The van der Waals surface area contributed by atoms with Crippen molar-refractivity contribution in [3.63, 3.8) is 0 Å². The van der Waals surface area contributed by atoms with Gasteiger partial charge in [0, 0.05) is 0 Å². The molecule has 3 aromatic rings. The zero-order chi connectivity index (χ0) is 19.1. The van der Waals surface area contributed by atoms with Gasteiger partial charge in [-0.25, -0.2) is 0 Å². The van der Waals surface area contributed by atoms with Crippen LogP contribution in [0.3, 0.4) is 0 Å². The Morgan fingerprint density at radius 1 is 0.852 bits per heavy atom. The van der Waals surface area contributed by atoms with E-state index in [0.29, 0.717) is 11.3 Å². The molecule has 0 atom stereocenters.